The summed E-state index contributed by atoms with van der Waals surface area (Å²) in [7, 11) is 0. The SMILES string of the molecule is CC(=O)c1ccc(SCC(C)C)cc1. The number of carbonyl (C=O) groups is 1. The zero-order valence-electron chi connectivity index (χ0n) is 8.91. The van der Waals surface area contributed by atoms with Gasteiger partial charge in [-0.25, -0.2) is 0 Å². The van der Waals surface area contributed by atoms with Gasteiger partial charge in [0.05, 0.1) is 0 Å². The van der Waals surface area contributed by atoms with E-state index in [1.165, 1.54) is 4.90 Å². The van der Waals surface area contributed by atoms with Crippen molar-refractivity contribution in [3.05, 3.63) is 29.8 Å². The quantitative estimate of drug-likeness (QED) is 0.555. The molecule has 0 fully saturated rings. The fraction of sp³-hybridized carbons (Fsp3) is 0.417. The summed E-state index contributed by atoms with van der Waals surface area (Å²) in [6.45, 7) is 6.00. The predicted molar refractivity (Wildman–Crippen MR) is 62.0 cm³/mol. The van der Waals surface area contributed by atoms with Crippen LogP contribution in [0, 0.1) is 5.92 Å². The van der Waals surface area contributed by atoms with Crippen molar-refractivity contribution in [1.29, 1.82) is 0 Å². The van der Waals surface area contributed by atoms with E-state index in [0.29, 0.717) is 5.92 Å². The third kappa shape index (κ3) is 3.54. The van der Waals surface area contributed by atoms with E-state index < -0.39 is 0 Å². The minimum absolute atomic E-state index is 0.130. The van der Waals surface area contributed by atoms with Crippen molar-refractivity contribution in [1.82, 2.24) is 0 Å². The molecule has 0 aliphatic carbocycles. The molecule has 0 amide bonds. The van der Waals surface area contributed by atoms with Gasteiger partial charge in [-0.15, -0.1) is 11.8 Å². The lowest BCUT2D eigenvalue weighted by atomic mass is 10.2. The average Bonchev–Trinajstić information content (AvgIpc) is 2.15. The van der Waals surface area contributed by atoms with E-state index in [9.17, 15) is 4.79 Å². The van der Waals surface area contributed by atoms with Crippen LogP contribution in [0.5, 0.6) is 0 Å². The van der Waals surface area contributed by atoms with E-state index in [1.807, 2.05) is 36.0 Å². The molecule has 0 saturated carbocycles. The third-order valence-corrected chi connectivity index (χ3v) is 3.28. The first-order valence-electron chi connectivity index (χ1n) is 4.83. The Balaban J connectivity index is 2.60. The number of thioether (sulfide) groups is 1. The molecular weight excluding hydrogens is 192 g/mol. The van der Waals surface area contributed by atoms with E-state index >= 15 is 0 Å². The van der Waals surface area contributed by atoms with E-state index in [0.717, 1.165) is 11.3 Å². The molecule has 1 aromatic rings. The van der Waals surface area contributed by atoms with Gasteiger partial charge in [-0.05, 0) is 25.0 Å². The Morgan fingerprint density at radius 1 is 1.29 bits per heavy atom. The summed E-state index contributed by atoms with van der Waals surface area (Å²) in [6.07, 6.45) is 0. The lowest BCUT2D eigenvalue weighted by molar-refractivity contribution is 0.101. The Morgan fingerprint density at radius 2 is 1.86 bits per heavy atom. The molecule has 0 radical (unpaired) electrons. The highest BCUT2D eigenvalue weighted by Crippen LogP contribution is 2.20. The lowest BCUT2D eigenvalue weighted by Crippen LogP contribution is -1.92. The second kappa shape index (κ2) is 5.20. The average molecular weight is 208 g/mol. The van der Waals surface area contributed by atoms with Gasteiger partial charge in [0.1, 0.15) is 0 Å². The first kappa shape index (κ1) is 11.3. The molecule has 0 aromatic heterocycles. The number of hydrogen-bond acceptors (Lipinski definition) is 2. The summed E-state index contributed by atoms with van der Waals surface area (Å²) in [5.41, 5.74) is 0.791. The number of benzene rings is 1. The fourth-order valence-electron chi connectivity index (χ4n) is 1.05. The van der Waals surface area contributed by atoms with Crippen LogP contribution < -0.4 is 0 Å². The van der Waals surface area contributed by atoms with Crippen molar-refractivity contribution in [2.75, 3.05) is 5.75 Å². The maximum atomic E-state index is 11.0. The van der Waals surface area contributed by atoms with Crippen molar-refractivity contribution in [2.24, 2.45) is 5.92 Å². The number of ketones is 1. The number of hydrogen-bond donors (Lipinski definition) is 0. The summed E-state index contributed by atoms with van der Waals surface area (Å²) in [5.74, 6) is 1.96. The third-order valence-electron chi connectivity index (χ3n) is 1.84. The van der Waals surface area contributed by atoms with Crippen molar-refractivity contribution >= 4 is 17.5 Å². The normalized spacial score (nSPS) is 10.6. The largest absolute Gasteiger partial charge is 0.295 e. The van der Waals surface area contributed by atoms with Crippen LogP contribution in [0.2, 0.25) is 0 Å². The Morgan fingerprint density at radius 3 is 2.29 bits per heavy atom. The van der Waals surface area contributed by atoms with E-state index in [2.05, 4.69) is 13.8 Å². The van der Waals surface area contributed by atoms with Crippen molar-refractivity contribution < 1.29 is 4.79 Å². The van der Waals surface area contributed by atoms with Crippen LogP contribution in [-0.4, -0.2) is 11.5 Å². The van der Waals surface area contributed by atoms with Crippen molar-refractivity contribution in [3.63, 3.8) is 0 Å². The maximum absolute atomic E-state index is 11.0. The van der Waals surface area contributed by atoms with Gasteiger partial charge >= 0.3 is 0 Å². The summed E-state index contributed by atoms with van der Waals surface area (Å²) >= 11 is 1.84. The molecule has 0 aliphatic rings. The first-order valence-corrected chi connectivity index (χ1v) is 5.82. The van der Waals surface area contributed by atoms with E-state index in [1.54, 1.807) is 6.92 Å². The molecule has 1 aromatic carbocycles. The Hall–Kier alpha value is -0.760. The first-order chi connectivity index (χ1) is 6.59. The summed E-state index contributed by atoms with van der Waals surface area (Å²) in [6, 6.07) is 7.82. The Kier molecular flexibility index (Phi) is 4.21. The monoisotopic (exact) mass is 208 g/mol. The van der Waals surface area contributed by atoms with Gasteiger partial charge in [-0.1, -0.05) is 26.0 Å². The zero-order valence-corrected chi connectivity index (χ0v) is 9.73. The number of rotatable bonds is 4. The molecular formula is C12H16OS. The molecule has 76 valence electrons. The number of carbonyl (C=O) groups excluding carboxylic acids is 1. The highest BCUT2D eigenvalue weighted by Gasteiger charge is 2.00. The molecule has 0 spiro atoms. The predicted octanol–water partition coefficient (Wildman–Crippen LogP) is 3.64. The van der Waals surface area contributed by atoms with Crippen molar-refractivity contribution in [3.8, 4) is 0 Å². The van der Waals surface area contributed by atoms with Gasteiger partial charge in [-0.2, -0.15) is 0 Å². The maximum Gasteiger partial charge on any atom is 0.159 e. The molecule has 0 saturated heterocycles. The van der Waals surface area contributed by atoms with Gasteiger partial charge in [-0.3, -0.25) is 4.79 Å². The van der Waals surface area contributed by atoms with E-state index in [-0.39, 0.29) is 5.78 Å². The van der Waals surface area contributed by atoms with E-state index in [4.69, 9.17) is 0 Å². The minimum Gasteiger partial charge on any atom is -0.295 e. The summed E-state index contributed by atoms with van der Waals surface area (Å²) in [4.78, 5) is 12.3. The molecule has 0 bridgehead atoms. The van der Waals surface area contributed by atoms with Gasteiger partial charge in [0.2, 0.25) is 0 Å². The second-order valence-electron chi connectivity index (χ2n) is 3.79. The van der Waals surface area contributed by atoms with Gasteiger partial charge in [0, 0.05) is 16.2 Å². The molecule has 0 N–H and O–H groups in total. The van der Waals surface area contributed by atoms with Crippen LogP contribution in [0.1, 0.15) is 31.1 Å². The highest BCUT2D eigenvalue weighted by atomic mass is 32.2. The van der Waals surface area contributed by atoms with Gasteiger partial charge < -0.3 is 0 Å². The standard InChI is InChI=1S/C12H16OS/c1-9(2)8-14-12-6-4-11(5-7-12)10(3)13/h4-7,9H,8H2,1-3H3. The molecule has 0 aliphatic heterocycles. The molecule has 0 heterocycles. The van der Waals surface area contributed by atoms with Crippen LogP contribution in [0.4, 0.5) is 0 Å². The number of Topliss-reactive ketones (excluding diaryl/α,β-unsaturated/α-hetero) is 1. The summed E-state index contributed by atoms with van der Waals surface area (Å²) in [5, 5.41) is 0. The van der Waals surface area contributed by atoms with Crippen LogP contribution in [0.15, 0.2) is 29.2 Å². The van der Waals surface area contributed by atoms with Crippen LogP contribution in [0.25, 0.3) is 0 Å². The van der Waals surface area contributed by atoms with Gasteiger partial charge in [0.25, 0.3) is 0 Å². The topological polar surface area (TPSA) is 17.1 Å². The van der Waals surface area contributed by atoms with Crippen LogP contribution in [-0.2, 0) is 0 Å². The summed E-state index contributed by atoms with van der Waals surface area (Å²) < 4.78 is 0. The Bertz CT molecular complexity index is 301. The van der Waals surface area contributed by atoms with Crippen molar-refractivity contribution in [2.45, 2.75) is 25.7 Å². The van der Waals surface area contributed by atoms with Crippen LogP contribution in [0.3, 0.4) is 0 Å². The molecule has 14 heavy (non-hydrogen) atoms. The molecule has 2 heteroatoms. The molecule has 0 unspecified atom stereocenters. The molecule has 1 rings (SSSR count). The Labute approximate surface area is 89.9 Å². The molecule has 1 nitrogen and oxygen atoms in total. The lowest BCUT2D eigenvalue weighted by Gasteiger charge is -2.04. The van der Waals surface area contributed by atoms with Gasteiger partial charge in [0.15, 0.2) is 5.78 Å². The minimum atomic E-state index is 0.130. The smallest absolute Gasteiger partial charge is 0.159 e. The zero-order chi connectivity index (χ0) is 10.6. The highest BCUT2D eigenvalue weighted by molar-refractivity contribution is 7.99. The fourth-order valence-corrected chi connectivity index (χ4v) is 1.90. The second-order valence-corrected chi connectivity index (χ2v) is 4.88. The molecule has 0 atom stereocenters. The van der Waals surface area contributed by atoms with Crippen LogP contribution >= 0.6 is 11.8 Å².